The molecule has 0 fully saturated rings. The van der Waals surface area contributed by atoms with Crippen molar-refractivity contribution in [1.82, 2.24) is 0 Å². The summed E-state index contributed by atoms with van der Waals surface area (Å²) in [6.07, 6.45) is -0.936. The van der Waals surface area contributed by atoms with Gasteiger partial charge in [-0.2, -0.15) is 5.26 Å². The second kappa shape index (κ2) is 4.94. The van der Waals surface area contributed by atoms with Crippen LogP contribution in [-0.2, 0) is 4.74 Å². The highest BCUT2D eigenvalue weighted by molar-refractivity contribution is 6.31. The molecule has 0 aliphatic rings. The van der Waals surface area contributed by atoms with Crippen molar-refractivity contribution in [2.75, 3.05) is 6.61 Å². The molecule has 1 rings (SSSR count). The van der Waals surface area contributed by atoms with Gasteiger partial charge in [-0.3, -0.25) is 0 Å². The molecule has 0 heterocycles. The predicted octanol–water partition coefficient (Wildman–Crippen LogP) is 3.08. The van der Waals surface area contributed by atoms with E-state index in [9.17, 15) is 4.39 Å². The van der Waals surface area contributed by atoms with Crippen molar-refractivity contribution in [2.45, 2.75) is 13.0 Å². The van der Waals surface area contributed by atoms with Gasteiger partial charge in [0.25, 0.3) is 0 Å². The Labute approximate surface area is 86.9 Å². The van der Waals surface area contributed by atoms with Gasteiger partial charge < -0.3 is 4.74 Å². The molecule has 1 atom stereocenters. The standard InChI is InChI=1S/C10H9ClFNO/c1-2-14-9(6-13)10-7(11)4-3-5-8(10)12/h3-5,9H,2H2,1H3. The molecule has 1 aromatic carbocycles. The van der Waals surface area contributed by atoms with Gasteiger partial charge in [0.1, 0.15) is 5.82 Å². The number of benzene rings is 1. The molecular formula is C10H9ClFNO. The van der Waals surface area contributed by atoms with Crippen LogP contribution in [0.15, 0.2) is 18.2 Å². The maximum Gasteiger partial charge on any atom is 0.173 e. The average molecular weight is 214 g/mol. The monoisotopic (exact) mass is 213 g/mol. The second-order valence-electron chi connectivity index (χ2n) is 2.60. The molecule has 0 radical (unpaired) electrons. The van der Waals surface area contributed by atoms with Gasteiger partial charge in [-0.05, 0) is 19.1 Å². The highest BCUT2D eigenvalue weighted by Gasteiger charge is 2.18. The van der Waals surface area contributed by atoms with Gasteiger partial charge in [0.15, 0.2) is 6.10 Å². The van der Waals surface area contributed by atoms with E-state index >= 15 is 0 Å². The summed E-state index contributed by atoms with van der Waals surface area (Å²) < 4.78 is 18.3. The first kappa shape index (κ1) is 11.0. The van der Waals surface area contributed by atoms with E-state index in [4.69, 9.17) is 21.6 Å². The third-order valence-electron chi connectivity index (χ3n) is 1.71. The van der Waals surface area contributed by atoms with Crippen LogP contribution in [0.4, 0.5) is 4.39 Å². The lowest BCUT2D eigenvalue weighted by Gasteiger charge is -2.11. The van der Waals surface area contributed by atoms with Crippen LogP contribution in [-0.4, -0.2) is 6.61 Å². The van der Waals surface area contributed by atoms with Crippen molar-refractivity contribution in [3.05, 3.63) is 34.6 Å². The molecule has 74 valence electrons. The summed E-state index contributed by atoms with van der Waals surface area (Å²) >= 11 is 5.77. The van der Waals surface area contributed by atoms with Crippen LogP contribution >= 0.6 is 11.6 Å². The van der Waals surface area contributed by atoms with Crippen LogP contribution in [0.25, 0.3) is 0 Å². The maximum atomic E-state index is 13.3. The van der Waals surface area contributed by atoms with E-state index < -0.39 is 11.9 Å². The van der Waals surface area contributed by atoms with E-state index in [2.05, 4.69) is 0 Å². The first-order valence-corrected chi connectivity index (χ1v) is 4.53. The summed E-state index contributed by atoms with van der Waals surface area (Å²) in [5, 5.41) is 8.97. The molecule has 1 unspecified atom stereocenters. The fourth-order valence-corrected chi connectivity index (χ4v) is 1.38. The summed E-state index contributed by atoms with van der Waals surface area (Å²) in [4.78, 5) is 0. The molecule has 0 aromatic heterocycles. The number of hydrogen-bond acceptors (Lipinski definition) is 2. The van der Waals surface area contributed by atoms with Gasteiger partial charge >= 0.3 is 0 Å². The second-order valence-corrected chi connectivity index (χ2v) is 3.01. The zero-order valence-electron chi connectivity index (χ0n) is 7.63. The average Bonchev–Trinajstić information content (AvgIpc) is 2.16. The molecule has 0 saturated carbocycles. The van der Waals surface area contributed by atoms with Crippen molar-refractivity contribution in [3.63, 3.8) is 0 Å². The topological polar surface area (TPSA) is 33.0 Å². The highest BCUT2D eigenvalue weighted by Crippen LogP contribution is 2.27. The molecule has 0 saturated heterocycles. The highest BCUT2D eigenvalue weighted by atomic mass is 35.5. The van der Waals surface area contributed by atoms with Crippen LogP contribution in [0.3, 0.4) is 0 Å². The molecule has 0 aliphatic heterocycles. The van der Waals surface area contributed by atoms with E-state index in [0.717, 1.165) is 0 Å². The number of hydrogen-bond donors (Lipinski definition) is 0. The molecule has 0 N–H and O–H groups in total. The van der Waals surface area contributed by atoms with Crippen molar-refractivity contribution in [1.29, 1.82) is 5.26 Å². The number of halogens is 2. The quantitative estimate of drug-likeness (QED) is 0.773. The number of nitriles is 1. The van der Waals surface area contributed by atoms with Gasteiger partial charge in [0, 0.05) is 12.2 Å². The van der Waals surface area contributed by atoms with Crippen molar-refractivity contribution >= 4 is 11.6 Å². The molecule has 0 bridgehead atoms. The van der Waals surface area contributed by atoms with E-state index in [0.29, 0.717) is 6.61 Å². The predicted molar refractivity (Wildman–Crippen MR) is 51.4 cm³/mol. The fourth-order valence-electron chi connectivity index (χ4n) is 1.11. The molecule has 0 aliphatic carbocycles. The minimum Gasteiger partial charge on any atom is -0.359 e. The van der Waals surface area contributed by atoms with Crippen molar-refractivity contribution in [2.24, 2.45) is 0 Å². The number of ether oxygens (including phenoxy) is 1. The minimum atomic E-state index is -0.936. The largest absolute Gasteiger partial charge is 0.359 e. The van der Waals surface area contributed by atoms with Gasteiger partial charge in [0.2, 0.25) is 0 Å². The third kappa shape index (κ3) is 2.22. The fraction of sp³-hybridized carbons (Fsp3) is 0.300. The Balaban J connectivity index is 3.10. The molecule has 2 nitrogen and oxygen atoms in total. The Morgan fingerprint density at radius 1 is 1.64 bits per heavy atom. The zero-order chi connectivity index (χ0) is 10.6. The zero-order valence-corrected chi connectivity index (χ0v) is 8.38. The molecule has 4 heteroatoms. The Morgan fingerprint density at radius 2 is 2.36 bits per heavy atom. The van der Waals surface area contributed by atoms with Crippen LogP contribution in [0.2, 0.25) is 5.02 Å². The maximum absolute atomic E-state index is 13.3. The van der Waals surface area contributed by atoms with Crippen LogP contribution < -0.4 is 0 Å². The lowest BCUT2D eigenvalue weighted by atomic mass is 10.1. The van der Waals surface area contributed by atoms with Gasteiger partial charge in [-0.25, -0.2) is 4.39 Å². The normalized spacial score (nSPS) is 12.1. The Kier molecular flexibility index (Phi) is 3.87. The first-order valence-electron chi connectivity index (χ1n) is 4.15. The molecular weight excluding hydrogens is 205 g/mol. The Bertz CT molecular complexity index is 341. The molecule has 0 amide bonds. The van der Waals surface area contributed by atoms with Crippen molar-refractivity contribution < 1.29 is 9.13 Å². The first-order chi connectivity index (χ1) is 6.70. The summed E-state index contributed by atoms with van der Waals surface area (Å²) in [5.41, 5.74) is 0.110. The third-order valence-corrected chi connectivity index (χ3v) is 2.04. The van der Waals surface area contributed by atoms with E-state index in [-0.39, 0.29) is 10.6 Å². The van der Waals surface area contributed by atoms with Gasteiger partial charge in [-0.15, -0.1) is 0 Å². The molecule has 1 aromatic rings. The Morgan fingerprint density at radius 3 is 2.86 bits per heavy atom. The lowest BCUT2D eigenvalue weighted by Crippen LogP contribution is -2.04. The van der Waals surface area contributed by atoms with Crippen LogP contribution in [0.1, 0.15) is 18.6 Å². The Hall–Kier alpha value is -1.11. The summed E-state index contributed by atoms with van der Waals surface area (Å²) in [6, 6.07) is 6.13. The smallest absolute Gasteiger partial charge is 0.173 e. The summed E-state index contributed by atoms with van der Waals surface area (Å²) in [7, 11) is 0. The summed E-state index contributed by atoms with van der Waals surface area (Å²) in [5.74, 6) is -0.516. The SMILES string of the molecule is CCOC(C#N)c1c(F)cccc1Cl. The molecule has 14 heavy (non-hydrogen) atoms. The summed E-state index contributed by atoms with van der Waals surface area (Å²) in [6.45, 7) is 2.07. The number of rotatable bonds is 3. The van der Waals surface area contributed by atoms with E-state index in [1.807, 2.05) is 6.07 Å². The van der Waals surface area contributed by atoms with Gasteiger partial charge in [-0.1, -0.05) is 17.7 Å². The van der Waals surface area contributed by atoms with E-state index in [1.54, 1.807) is 6.92 Å². The lowest BCUT2D eigenvalue weighted by molar-refractivity contribution is 0.0994. The molecule has 0 spiro atoms. The van der Waals surface area contributed by atoms with Gasteiger partial charge in [0.05, 0.1) is 11.1 Å². The van der Waals surface area contributed by atoms with Crippen LogP contribution in [0, 0.1) is 17.1 Å². The minimum absolute atomic E-state index is 0.110. The van der Waals surface area contributed by atoms with Crippen molar-refractivity contribution in [3.8, 4) is 6.07 Å². The van der Waals surface area contributed by atoms with Crippen LogP contribution in [0.5, 0.6) is 0 Å². The number of nitrogens with zero attached hydrogens (tertiary/aromatic N) is 1. The van der Waals surface area contributed by atoms with E-state index in [1.165, 1.54) is 18.2 Å².